The molecule has 0 bridgehead atoms. The van der Waals surface area contributed by atoms with Gasteiger partial charge in [0.1, 0.15) is 29.2 Å². The van der Waals surface area contributed by atoms with Gasteiger partial charge in [0.2, 0.25) is 17.7 Å². The monoisotopic (exact) mass is 855 g/mol. The number of halogens is 2. The molecule has 61 heavy (non-hydrogen) atoms. The average molecular weight is 855 g/mol. The molecular weight excluding hydrogens is 806 g/mol. The largest absolute Gasteiger partial charge is 0.547 e. The zero-order valence-electron chi connectivity index (χ0n) is 34.0. The molecule has 0 spiro atoms. The van der Waals surface area contributed by atoms with Gasteiger partial charge in [0.15, 0.2) is 18.1 Å². The molecule has 6 rings (SSSR count). The van der Waals surface area contributed by atoms with Gasteiger partial charge in [0.05, 0.1) is 25.1 Å². The van der Waals surface area contributed by atoms with Crippen molar-refractivity contribution in [1.29, 1.82) is 0 Å². The number of hydrogen-bond acceptors (Lipinski definition) is 15. The van der Waals surface area contributed by atoms with E-state index < -0.39 is 75.2 Å². The van der Waals surface area contributed by atoms with E-state index in [0.29, 0.717) is 50.7 Å². The maximum Gasteiger partial charge on any atom is 0.547 e. The van der Waals surface area contributed by atoms with Crippen LogP contribution in [0.25, 0.3) is 0 Å². The van der Waals surface area contributed by atoms with E-state index in [1.807, 2.05) is 6.92 Å². The Balaban J connectivity index is 0.939. The van der Waals surface area contributed by atoms with Crippen LogP contribution in [0.2, 0.25) is 0 Å². The van der Waals surface area contributed by atoms with Crippen molar-refractivity contribution < 1.29 is 70.4 Å². The van der Waals surface area contributed by atoms with E-state index >= 15 is 0 Å². The molecule has 1 unspecified atom stereocenters. The lowest BCUT2D eigenvalue weighted by Crippen LogP contribution is -2.53. The quantitative estimate of drug-likeness (QED) is 0.107. The van der Waals surface area contributed by atoms with E-state index in [4.69, 9.17) is 32.4 Å². The lowest BCUT2D eigenvalue weighted by Gasteiger charge is -2.29. The first-order valence-electron chi connectivity index (χ1n) is 20.3. The van der Waals surface area contributed by atoms with Gasteiger partial charge in [-0.05, 0) is 61.8 Å². The summed E-state index contributed by atoms with van der Waals surface area (Å²) >= 11 is 0. The number of amides is 2. The van der Waals surface area contributed by atoms with Crippen LogP contribution in [-0.4, -0.2) is 110 Å². The van der Waals surface area contributed by atoms with Crippen LogP contribution in [0.4, 0.5) is 8.78 Å². The number of esters is 2. The highest BCUT2D eigenvalue weighted by molar-refractivity contribution is 6.47. The first-order chi connectivity index (χ1) is 29.1. The third kappa shape index (κ3) is 12.7. The number of benzene rings is 2. The number of fused-ring (bicyclic) bond motifs is 2. The van der Waals surface area contributed by atoms with E-state index in [9.17, 15) is 42.8 Å². The molecule has 0 radical (unpaired) electrons. The van der Waals surface area contributed by atoms with E-state index in [0.717, 1.165) is 13.1 Å². The molecule has 328 valence electrons. The SMILES string of the molecule is CC(CCCC(=O)N[C@H]1Cc2cccc(C(=O)OCCN3CCOCC3)c2OB1O)Cc1oc(=O)oc1COC(=O)c1cccc2c1OB(O)[C@@H](NC(=O)CCC(C)(F)F)C2. The van der Waals surface area contributed by atoms with Gasteiger partial charge in [-0.15, -0.1) is 0 Å². The fraction of sp³-hybridized carbons (Fsp3) is 0.525. The van der Waals surface area contributed by atoms with Gasteiger partial charge in [-0.3, -0.25) is 14.5 Å². The lowest BCUT2D eigenvalue weighted by atomic mass is 9.72. The van der Waals surface area contributed by atoms with Crippen molar-refractivity contribution >= 4 is 38.0 Å². The third-order valence-electron chi connectivity index (χ3n) is 10.6. The molecule has 1 saturated heterocycles. The van der Waals surface area contributed by atoms with Gasteiger partial charge >= 0.3 is 32.0 Å². The summed E-state index contributed by atoms with van der Waals surface area (Å²) in [6, 6.07) is 9.60. The van der Waals surface area contributed by atoms with Gasteiger partial charge in [0.25, 0.3) is 0 Å². The van der Waals surface area contributed by atoms with E-state index in [2.05, 4.69) is 15.5 Å². The summed E-state index contributed by atoms with van der Waals surface area (Å²) in [4.78, 5) is 65.4. The van der Waals surface area contributed by atoms with Gasteiger partial charge < -0.3 is 53.0 Å². The molecule has 17 nitrogen and oxygen atoms in total. The minimum atomic E-state index is -3.02. The number of rotatable bonds is 18. The topological polar surface area (TPSA) is 226 Å². The second kappa shape index (κ2) is 20.5. The van der Waals surface area contributed by atoms with Gasteiger partial charge in [-0.25, -0.2) is 23.2 Å². The highest BCUT2D eigenvalue weighted by Gasteiger charge is 2.39. The van der Waals surface area contributed by atoms with Crippen molar-refractivity contribution in [3.63, 3.8) is 0 Å². The number of nitrogens with one attached hydrogen (secondary N) is 2. The fourth-order valence-corrected chi connectivity index (χ4v) is 7.32. The second-order valence-electron chi connectivity index (χ2n) is 15.6. The highest BCUT2D eigenvalue weighted by Crippen LogP contribution is 2.33. The number of alkyl halides is 2. The maximum absolute atomic E-state index is 13.2. The number of para-hydroxylation sites is 2. The lowest BCUT2D eigenvalue weighted by molar-refractivity contribution is -0.123. The van der Waals surface area contributed by atoms with Crippen LogP contribution >= 0.6 is 0 Å². The van der Waals surface area contributed by atoms with Crippen molar-refractivity contribution in [2.75, 3.05) is 39.5 Å². The Morgan fingerprint density at radius 1 is 0.869 bits per heavy atom. The van der Waals surface area contributed by atoms with Crippen molar-refractivity contribution in [3.05, 3.63) is 80.8 Å². The van der Waals surface area contributed by atoms with Crippen molar-refractivity contribution in [3.8, 4) is 11.5 Å². The third-order valence-corrected chi connectivity index (χ3v) is 10.6. The summed E-state index contributed by atoms with van der Waals surface area (Å²) in [6.07, 6.45) is 0.505. The molecule has 2 aromatic carbocycles. The minimum absolute atomic E-state index is 0.00916. The molecule has 3 atom stereocenters. The smallest absolute Gasteiger partial charge is 0.534 e. The molecule has 3 aliphatic rings. The molecule has 3 aromatic rings. The molecular formula is C40H49B2F2N3O14. The number of ether oxygens (including phenoxy) is 3. The summed E-state index contributed by atoms with van der Waals surface area (Å²) in [6.45, 7) is 5.71. The molecule has 1 fully saturated rings. The van der Waals surface area contributed by atoms with E-state index in [1.54, 1.807) is 30.3 Å². The maximum atomic E-state index is 13.2. The summed E-state index contributed by atoms with van der Waals surface area (Å²) in [5, 5.41) is 26.6. The first-order valence-corrected chi connectivity index (χ1v) is 20.3. The normalized spacial score (nSPS) is 18.2. The average Bonchev–Trinajstić information content (AvgIpc) is 3.57. The molecule has 4 heterocycles. The molecule has 0 saturated carbocycles. The summed E-state index contributed by atoms with van der Waals surface area (Å²) in [5.74, 6) is -7.85. The second-order valence-corrected chi connectivity index (χ2v) is 15.6. The summed E-state index contributed by atoms with van der Waals surface area (Å²) in [7, 11) is -2.97. The highest BCUT2D eigenvalue weighted by atomic mass is 19.3. The number of carbonyl (C=O) groups is 4. The van der Waals surface area contributed by atoms with Gasteiger partial charge in [0, 0.05) is 45.3 Å². The van der Waals surface area contributed by atoms with E-state index in [1.165, 1.54) is 6.07 Å². The summed E-state index contributed by atoms with van der Waals surface area (Å²) in [5.41, 5.74) is 1.26. The zero-order chi connectivity index (χ0) is 43.7. The fourth-order valence-electron chi connectivity index (χ4n) is 7.32. The number of nitrogens with zero attached hydrogens (tertiary/aromatic N) is 1. The Kier molecular flexibility index (Phi) is 15.3. The van der Waals surface area contributed by atoms with Crippen LogP contribution in [0, 0.1) is 5.92 Å². The molecule has 3 aliphatic heterocycles. The van der Waals surface area contributed by atoms with Crippen molar-refractivity contribution in [2.24, 2.45) is 5.92 Å². The molecule has 1 aromatic heterocycles. The Bertz CT molecular complexity index is 2090. The standard InChI is InChI=1S/C40H49B2F2N3O14/c1-24(6-3-11-33(48)45-31-21-25-7-4-9-27(35(25)60-41(31)53)37(50)56-19-16-47-14-17-55-18-15-47)20-29-30(59-39(52)58-29)23-57-38(51)28-10-5-8-26-22-32(42(54)61-36(26)28)46-34(49)12-13-40(2,43)44/h4-5,7-10,24,31-32,53-54H,3,6,11-23H2,1-2H3,(H,45,48)(H,46,49)/t24?,31-,32-/m0/s1. The predicted molar refractivity (Wildman–Crippen MR) is 212 cm³/mol. The van der Waals surface area contributed by atoms with Crippen LogP contribution in [0.1, 0.15) is 89.3 Å². The van der Waals surface area contributed by atoms with Gasteiger partial charge in [-0.1, -0.05) is 31.2 Å². The Morgan fingerprint density at radius 3 is 2.02 bits per heavy atom. The molecule has 0 aliphatic carbocycles. The minimum Gasteiger partial charge on any atom is -0.534 e. The predicted octanol–water partition coefficient (Wildman–Crippen LogP) is 2.44. The van der Waals surface area contributed by atoms with Crippen molar-refractivity contribution in [2.45, 2.75) is 89.6 Å². The number of morpholine rings is 1. The van der Waals surface area contributed by atoms with Crippen molar-refractivity contribution in [1.82, 2.24) is 15.5 Å². The Hall–Kier alpha value is -5.24. The summed E-state index contributed by atoms with van der Waals surface area (Å²) < 4.78 is 64.3. The zero-order valence-corrected chi connectivity index (χ0v) is 34.0. The molecule has 4 N–H and O–H groups in total. The van der Waals surface area contributed by atoms with Gasteiger partial charge in [-0.2, -0.15) is 0 Å². The Labute approximate surface area is 350 Å². The first kappa shape index (κ1) is 45.3. The molecule has 2 amide bonds. The molecule has 21 heteroatoms. The van der Waals surface area contributed by atoms with Crippen LogP contribution < -0.4 is 25.8 Å². The Morgan fingerprint density at radius 2 is 1.43 bits per heavy atom. The van der Waals surface area contributed by atoms with Crippen LogP contribution in [0.15, 0.2) is 50.0 Å². The van der Waals surface area contributed by atoms with Crippen LogP contribution in [0.3, 0.4) is 0 Å². The van der Waals surface area contributed by atoms with Crippen LogP contribution in [0.5, 0.6) is 11.5 Å². The van der Waals surface area contributed by atoms with E-state index in [-0.39, 0.29) is 78.3 Å². The number of hydrogen-bond donors (Lipinski definition) is 4. The van der Waals surface area contributed by atoms with Crippen LogP contribution in [-0.2, 0) is 49.7 Å². The number of carbonyl (C=O) groups excluding carboxylic acids is 4.